The molecule has 0 aromatic heterocycles. The maximum atomic E-state index is 12.4. The van der Waals surface area contributed by atoms with Crippen molar-refractivity contribution in [2.24, 2.45) is 0 Å². The molecule has 0 bridgehead atoms. The molecule has 53 heavy (non-hydrogen) atoms. The van der Waals surface area contributed by atoms with E-state index in [4.69, 9.17) is 14.0 Å². The highest BCUT2D eigenvalue weighted by molar-refractivity contribution is 7.09. The number of hydrogen-bond acceptors (Lipinski definition) is 5. The first-order chi connectivity index (χ1) is 26.1. The van der Waals surface area contributed by atoms with Crippen molar-refractivity contribution in [3.05, 3.63) is 24.3 Å². The molecule has 0 rings (SSSR count). The molecule has 0 radical (unpaired) electrons. The Labute approximate surface area is 332 Å². The minimum absolute atomic E-state index is 0.0589. The number of carbonyl (C=O) groups is 2. The number of esters is 2. The second kappa shape index (κ2) is 45.2. The summed E-state index contributed by atoms with van der Waals surface area (Å²) in [4.78, 5) is 24.6. The smallest absolute Gasteiger partial charge is 0.306 e. The van der Waals surface area contributed by atoms with Gasteiger partial charge >= 0.3 is 11.9 Å². The summed E-state index contributed by atoms with van der Waals surface area (Å²) in [6.07, 6.45) is 53.2. The Bertz CT molecular complexity index is 813. The molecule has 0 amide bonds. The fourth-order valence-electron chi connectivity index (χ4n) is 6.82. The van der Waals surface area contributed by atoms with Crippen molar-refractivity contribution in [3.63, 3.8) is 0 Å². The van der Waals surface area contributed by atoms with E-state index < -0.39 is 6.10 Å². The highest BCUT2D eigenvalue weighted by Gasteiger charge is 2.17. The lowest BCUT2D eigenvalue weighted by Gasteiger charge is -2.17. The lowest BCUT2D eigenvalue weighted by Crippen LogP contribution is -2.28. The molecule has 0 aliphatic carbocycles. The number of allylic oxidation sites excluding steroid dienone is 4. The third kappa shape index (κ3) is 43.4. The second-order valence-corrected chi connectivity index (χ2v) is 16.0. The summed E-state index contributed by atoms with van der Waals surface area (Å²) in [5.41, 5.74) is 0. The zero-order valence-electron chi connectivity index (χ0n) is 35.4. The normalized spacial score (nSPS) is 12.3. The van der Waals surface area contributed by atoms with Crippen LogP contribution >= 0.6 is 9.47 Å². The molecule has 0 spiro atoms. The van der Waals surface area contributed by atoms with E-state index in [1.165, 1.54) is 193 Å². The van der Waals surface area contributed by atoms with Gasteiger partial charge in [-0.2, -0.15) is 0 Å². The topological polar surface area (TPSA) is 61.8 Å². The van der Waals surface area contributed by atoms with Gasteiger partial charge in [0.1, 0.15) is 6.61 Å². The quantitative estimate of drug-likeness (QED) is 0.0268. The van der Waals surface area contributed by atoms with Crippen LogP contribution in [0.25, 0.3) is 0 Å². The molecule has 0 saturated carbocycles. The number of ether oxygens (including phenoxy) is 2. The zero-order chi connectivity index (χ0) is 38.6. The molecular formula is C47H89O5P. The molecule has 0 aromatic rings. The van der Waals surface area contributed by atoms with Crippen LogP contribution in [0.15, 0.2) is 24.3 Å². The summed E-state index contributed by atoms with van der Waals surface area (Å²) in [5, 5.41) is 0. The lowest BCUT2D eigenvalue weighted by atomic mass is 10.1. The van der Waals surface area contributed by atoms with Crippen LogP contribution < -0.4 is 0 Å². The molecular weight excluding hydrogens is 675 g/mol. The summed E-state index contributed by atoms with van der Waals surface area (Å²) >= 11 is 0. The zero-order valence-corrected chi connectivity index (χ0v) is 36.5. The van der Waals surface area contributed by atoms with Crippen molar-refractivity contribution in [1.29, 1.82) is 0 Å². The van der Waals surface area contributed by atoms with Crippen LogP contribution in [-0.2, 0) is 23.6 Å². The van der Waals surface area contributed by atoms with E-state index in [-0.39, 0.29) is 25.2 Å². The van der Waals surface area contributed by atoms with Crippen molar-refractivity contribution in [2.75, 3.05) is 13.2 Å². The van der Waals surface area contributed by atoms with Gasteiger partial charge in [0.25, 0.3) is 0 Å². The second-order valence-electron chi connectivity index (χ2n) is 15.6. The summed E-state index contributed by atoms with van der Waals surface area (Å²) < 4.78 is 16.1. The summed E-state index contributed by atoms with van der Waals surface area (Å²) in [6.45, 7) is 4.81. The number of hydrogen-bond donors (Lipinski definition) is 0. The van der Waals surface area contributed by atoms with Gasteiger partial charge in [0, 0.05) is 22.3 Å². The molecule has 0 saturated heterocycles. The van der Waals surface area contributed by atoms with Gasteiger partial charge in [-0.25, -0.2) is 0 Å². The van der Waals surface area contributed by atoms with Crippen molar-refractivity contribution in [3.8, 4) is 0 Å². The van der Waals surface area contributed by atoms with E-state index in [2.05, 4.69) is 47.6 Å². The van der Waals surface area contributed by atoms with E-state index in [1.807, 2.05) is 0 Å². The molecule has 5 nitrogen and oxygen atoms in total. The van der Waals surface area contributed by atoms with Gasteiger partial charge in [-0.1, -0.05) is 192 Å². The standard InChI is InChI=1S/C47H89O5P/c1-3-5-7-9-11-13-15-17-19-21-23-25-27-29-31-33-35-37-39-41-46(48)50-43-45(44-51-53)52-47(49)42-40-38-36-34-32-30-28-26-24-22-20-18-16-14-12-10-8-6-4-2/h17-20,45H,3-16,21-44,53H2,1-2H3/b19-17-,20-18-. The molecule has 6 heteroatoms. The fraction of sp³-hybridized carbons (Fsp3) is 0.872. The van der Waals surface area contributed by atoms with Crippen LogP contribution in [0.3, 0.4) is 0 Å². The third-order valence-electron chi connectivity index (χ3n) is 10.3. The molecule has 0 N–H and O–H groups in total. The van der Waals surface area contributed by atoms with Gasteiger partial charge in [-0.05, 0) is 64.2 Å². The predicted octanol–water partition coefficient (Wildman–Crippen LogP) is 15.4. The van der Waals surface area contributed by atoms with Gasteiger partial charge in [0.15, 0.2) is 6.10 Å². The average molecular weight is 765 g/mol. The van der Waals surface area contributed by atoms with Crippen LogP contribution in [-0.4, -0.2) is 31.3 Å². The molecule has 0 aromatic carbocycles. The number of carbonyl (C=O) groups excluding carboxylic acids is 2. The third-order valence-corrected chi connectivity index (χ3v) is 10.5. The van der Waals surface area contributed by atoms with Crippen molar-refractivity contribution in [1.82, 2.24) is 0 Å². The van der Waals surface area contributed by atoms with Crippen molar-refractivity contribution >= 4 is 21.4 Å². The van der Waals surface area contributed by atoms with E-state index in [0.29, 0.717) is 12.8 Å². The molecule has 0 aliphatic rings. The van der Waals surface area contributed by atoms with Crippen LogP contribution in [0, 0.1) is 0 Å². The minimum atomic E-state index is -0.555. The maximum absolute atomic E-state index is 12.4. The van der Waals surface area contributed by atoms with E-state index in [9.17, 15) is 9.59 Å². The van der Waals surface area contributed by atoms with Crippen LogP contribution in [0.2, 0.25) is 0 Å². The number of rotatable bonds is 43. The predicted molar refractivity (Wildman–Crippen MR) is 232 cm³/mol. The Morgan fingerprint density at radius 3 is 1.06 bits per heavy atom. The first kappa shape index (κ1) is 51.8. The maximum Gasteiger partial charge on any atom is 0.306 e. The van der Waals surface area contributed by atoms with Gasteiger partial charge in [0.2, 0.25) is 0 Å². The van der Waals surface area contributed by atoms with Gasteiger partial charge in [-0.3, -0.25) is 9.59 Å². The van der Waals surface area contributed by atoms with Crippen molar-refractivity contribution < 1.29 is 23.6 Å². The summed E-state index contributed by atoms with van der Waals surface area (Å²) in [5.74, 6) is -0.448. The first-order valence-corrected chi connectivity index (χ1v) is 23.6. The van der Waals surface area contributed by atoms with E-state index in [1.54, 1.807) is 0 Å². The highest BCUT2D eigenvalue weighted by atomic mass is 31.0. The molecule has 0 fully saturated rings. The molecule has 0 aliphatic heterocycles. The van der Waals surface area contributed by atoms with Gasteiger partial charge in [0.05, 0.1) is 6.61 Å². The molecule has 2 atom stereocenters. The minimum Gasteiger partial charge on any atom is -0.462 e. The van der Waals surface area contributed by atoms with Crippen LogP contribution in [0.5, 0.6) is 0 Å². The van der Waals surface area contributed by atoms with Crippen LogP contribution in [0.4, 0.5) is 0 Å². The van der Waals surface area contributed by atoms with Gasteiger partial charge < -0.3 is 14.0 Å². The first-order valence-electron chi connectivity index (χ1n) is 23.1. The Hall–Kier alpha value is -1.19. The van der Waals surface area contributed by atoms with E-state index in [0.717, 1.165) is 25.7 Å². The molecule has 312 valence electrons. The van der Waals surface area contributed by atoms with Crippen molar-refractivity contribution in [2.45, 2.75) is 251 Å². The Kier molecular flexibility index (Phi) is 44.2. The van der Waals surface area contributed by atoms with Gasteiger partial charge in [-0.15, -0.1) is 0 Å². The lowest BCUT2D eigenvalue weighted by molar-refractivity contribution is -0.160. The molecule has 2 unspecified atom stereocenters. The van der Waals surface area contributed by atoms with E-state index >= 15 is 0 Å². The SMILES string of the molecule is CCCCCCCC/C=C\CCCCCCCCCCCC(=O)OCC(COP)OC(=O)CCCCCCCCCCC/C=C\CCCCCCCC. The largest absolute Gasteiger partial charge is 0.462 e. The van der Waals surface area contributed by atoms with Crippen LogP contribution in [0.1, 0.15) is 245 Å². The fourth-order valence-corrected chi connectivity index (χ4v) is 7.04. The molecule has 0 heterocycles. The average Bonchev–Trinajstić information content (AvgIpc) is 3.15. The Morgan fingerprint density at radius 1 is 0.415 bits per heavy atom. The summed E-state index contributed by atoms with van der Waals surface area (Å²) in [7, 11) is 2.19. The Morgan fingerprint density at radius 2 is 0.717 bits per heavy atom. The Balaban J connectivity index is 3.59. The monoisotopic (exact) mass is 765 g/mol. The number of unbranched alkanes of at least 4 members (excludes halogenated alkanes) is 30. The highest BCUT2D eigenvalue weighted by Crippen LogP contribution is 2.15. The summed E-state index contributed by atoms with van der Waals surface area (Å²) in [6, 6.07) is 0.